The monoisotopic (exact) mass is 515 g/mol. The molecule has 0 saturated heterocycles. The number of nitrogens with zero attached hydrogens (tertiary/aromatic N) is 2. The molecule has 5 rings (SSSR count). The molecule has 1 aliphatic heterocycles. The number of aromatic hydroxyl groups is 1. The topological polar surface area (TPSA) is 107 Å². The van der Waals surface area contributed by atoms with Crippen LogP contribution in [0.3, 0.4) is 0 Å². The molecule has 32 heavy (non-hydrogen) atoms. The highest BCUT2D eigenvalue weighted by atomic mass is 79.9. The van der Waals surface area contributed by atoms with Gasteiger partial charge in [0.25, 0.3) is 5.56 Å². The van der Waals surface area contributed by atoms with Crippen LogP contribution in [0.15, 0.2) is 67.1 Å². The molecular weight excluding hydrogens is 494 g/mol. The number of halogens is 1. The Morgan fingerprint density at radius 1 is 1.09 bits per heavy atom. The second kappa shape index (κ2) is 8.08. The Morgan fingerprint density at radius 2 is 1.88 bits per heavy atom. The van der Waals surface area contributed by atoms with Gasteiger partial charge in [0.15, 0.2) is 5.84 Å². The molecule has 9 heteroatoms. The van der Waals surface area contributed by atoms with Crippen molar-refractivity contribution >= 4 is 38.2 Å². The zero-order chi connectivity index (χ0) is 22.5. The van der Waals surface area contributed by atoms with E-state index in [1.807, 2.05) is 24.3 Å². The van der Waals surface area contributed by atoms with Crippen LogP contribution in [0.2, 0.25) is 0 Å². The van der Waals surface area contributed by atoms with Gasteiger partial charge in [0.2, 0.25) is 0 Å². The lowest BCUT2D eigenvalue weighted by Crippen LogP contribution is -2.35. The molecule has 1 aromatic heterocycles. The first-order chi connectivity index (χ1) is 15.3. The summed E-state index contributed by atoms with van der Waals surface area (Å²) in [6, 6.07) is 14.5. The molecule has 0 bridgehead atoms. The number of aromatic nitrogens is 1. The Balaban J connectivity index is 1.70. The largest absolute Gasteiger partial charge is 0.507 e. The summed E-state index contributed by atoms with van der Waals surface area (Å²) in [4.78, 5) is 13.9. The van der Waals surface area contributed by atoms with E-state index in [-0.39, 0.29) is 22.0 Å². The van der Waals surface area contributed by atoms with Crippen molar-refractivity contribution in [1.29, 1.82) is 0 Å². The van der Waals surface area contributed by atoms with E-state index < -0.39 is 16.3 Å². The third-order valence-electron chi connectivity index (χ3n) is 5.87. The van der Waals surface area contributed by atoms with Gasteiger partial charge in [-0.15, -0.1) is 4.40 Å². The summed E-state index contributed by atoms with van der Waals surface area (Å²) < 4.78 is 27.9. The van der Waals surface area contributed by atoms with Crippen LogP contribution in [0, 0.1) is 0 Å². The van der Waals surface area contributed by atoms with Crippen LogP contribution in [0.4, 0.5) is 5.69 Å². The van der Waals surface area contributed by atoms with Gasteiger partial charge in [0.05, 0.1) is 12.2 Å². The van der Waals surface area contributed by atoms with Gasteiger partial charge >= 0.3 is 0 Å². The third-order valence-corrected chi connectivity index (χ3v) is 7.74. The van der Waals surface area contributed by atoms with Crippen LogP contribution in [0.1, 0.15) is 35.2 Å². The van der Waals surface area contributed by atoms with Crippen molar-refractivity contribution in [2.24, 2.45) is 4.40 Å². The van der Waals surface area contributed by atoms with E-state index in [2.05, 4.69) is 25.6 Å². The van der Waals surface area contributed by atoms with Gasteiger partial charge < -0.3 is 15.0 Å². The van der Waals surface area contributed by atoms with Crippen molar-refractivity contribution in [3.8, 4) is 5.75 Å². The Hall–Kier alpha value is -2.59. The Morgan fingerprint density at radius 3 is 2.69 bits per heavy atom. The van der Waals surface area contributed by atoms with Gasteiger partial charge in [-0.25, -0.2) is 0 Å². The van der Waals surface area contributed by atoms with Crippen LogP contribution in [-0.2, 0) is 19.4 Å². The third kappa shape index (κ3) is 3.65. The number of nitrogens with one attached hydrogen (secondary N) is 1. The van der Waals surface area contributed by atoms with Gasteiger partial charge in [-0.05, 0) is 55.5 Å². The maximum Gasteiger partial charge on any atom is 0.265 e. The number of anilines is 1. The van der Waals surface area contributed by atoms with Gasteiger partial charge in [0.1, 0.15) is 16.2 Å². The van der Waals surface area contributed by atoms with Crippen molar-refractivity contribution in [3.05, 3.63) is 85.7 Å². The van der Waals surface area contributed by atoms with Crippen LogP contribution in [0.25, 0.3) is 0 Å². The first-order valence-corrected chi connectivity index (χ1v) is 12.6. The summed E-state index contributed by atoms with van der Waals surface area (Å²) in [6.45, 7) is 0.341. The predicted octanol–water partition coefficient (Wildman–Crippen LogP) is 5.14. The highest BCUT2D eigenvalue weighted by Gasteiger charge is 2.32. The summed E-state index contributed by atoms with van der Waals surface area (Å²) in [7, 11) is -3.51. The van der Waals surface area contributed by atoms with Gasteiger partial charge in [-0.3, -0.25) is 13.9 Å². The molecule has 0 unspecified atom stereocenters. The zero-order valence-electron chi connectivity index (χ0n) is 17.1. The summed E-state index contributed by atoms with van der Waals surface area (Å²) in [6.07, 6.45) is 3.20. The summed E-state index contributed by atoms with van der Waals surface area (Å²) >= 11 is 3.48. The number of hydrogen-bond donors (Lipinski definition) is 4. The van der Waals surface area contributed by atoms with E-state index in [0.29, 0.717) is 25.1 Å². The number of benzene rings is 2. The first-order valence-electron chi connectivity index (χ1n) is 10.3. The van der Waals surface area contributed by atoms with Crippen molar-refractivity contribution < 1.29 is 14.2 Å². The van der Waals surface area contributed by atoms with Crippen LogP contribution in [-0.4, -0.2) is 24.6 Å². The van der Waals surface area contributed by atoms with Crippen LogP contribution in [0.5, 0.6) is 5.75 Å². The molecule has 2 aliphatic rings. The summed E-state index contributed by atoms with van der Waals surface area (Å²) in [5.41, 5.74) is 2.50. The SMILES string of the molecule is O=c1c(C2=NS(O)(O)c3ccccc3N2)c(O)c2c(n1Cc1cccc(Br)c1)CCCC2. The van der Waals surface area contributed by atoms with Gasteiger partial charge in [0, 0.05) is 15.7 Å². The highest BCUT2D eigenvalue weighted by Crippen LogP contribution is 2.55. The summed E-state index contributed by atoms with van der Waals surface area (Å²) in [5.74, 6) is -0.154. The molecule has 0 amide bonds. The smallest absolute Gasteiger partial charge is 0.265 e. The van der Waals surface area contributed by atoms with E-state index in [4.69, 9.17) is 0 Å². The molecule has 0 atom stereocenters. The van der Waals surface area contributed by atoms with Crippen molar-refractivity contribution in [2.45, 2.75) is 37.1 Å². The maximum absolute atomic E-state index is 13.7. The molecule has 7 nitrogen and oxygen atoms in total. The first kappa shape index (κ1) is 21.3. The van der Waals surface area contributed by atoms with Crippen LogP contribution < -0.4 is 10.9 Å². The van der Waals surface area contributed by atoms with Crippen molar-refractivity contribution in [2.75, 3.05) is 5.32 Å². The molecule has 1 aliphatic carbocycles. The lowest BCUT2D eigenvalue weighted by molar-refractivity contribution is 0.450. The van der Waals surface area contributed by atoms with E-state index in [9.17, 15) is 19.0 Å². The number of amidine groups is 1. The molecule has 2 aromatic carbocycles. The predicted molar refractivity (Wildman–Crippen MR) is 130 cm³/mol. The average Bonchev–Trinajstić information content (AvgIpc) is 2.76. The Bertz CT molecular complexity index is 1320. The fourth-order valence-corrected chi connectivity index (χ4v) is 6.01. The molecule has 0 saturated carbocycles. The molecule has 0 spiro atoms. The zero-order valence-corrected chi connectivity index (χ0v) is 19.5. The second-order valence-corrected chi connectivity index (χ2v) is 10.5. The number of rotatable bonds is 3. The molecular formula is C23H22BrN3O4S. The molecule has 3 aromatic rings. The number of fused-ring (bicyclic) bond motifs is 2. The number of hydrogen-bond acceptors (Lipinski definition) is 6. The molecule has 0 fully saturated rings. The van der Waals surface area contributed by atoms with Crippen molar-refractivity contribution in [3.63, 3.8) is 0 Å². The standard InChI is InChI=1S/C23H22BrN3O4S/c24-15-7-5-6-14(12-15)13-27-18-10-3-1-8-16(18)21(28)20(23(27)29)22-25-17-9-2-4-11-19(17)32(30,31)26-22/h2,4-7,9,11-12,28,30-31H,1,3,8,10,13H2,(H,25,26). The molecule has 2 heterocycles. The van der Waals surface area contributed by atoms with E-state index >= 15 is 0 Å². The van der Waals surface area contributed by atoms with Gasteiger partial charge in [-0.2, -0.15) is 0 Å². The normalized spacial score (nSPS) is 17.5. The quantitative estimate of drug-likeness (QED) is 0.386. The fraction of sp³-hybridized carbons (Fsp3) is 0.217. The van der Waals surface area contributed by atoms with E-state index in [1.54, 1.807) is 28.8 Å². The lowest BCUT2D eigenvalue weighted by atomic mass is 9.92. The second-order valence-electron chi connectivity index (χ2n) is 7.96. The number of pyridine rings is 1. The van der Waals surface area contributed by atoms with Crippen LogP contribution >= 0.6 is 26.7 Å². The Kier molecular flexibility index (Phi) is 5.37. The number of para-hydroxylation sites is 1. The average molecular weight is 516 g/mol. The molecule has 4 N–H and O–H groups in total. The fourth-order valence-electron chi connectivity index (χ4n) is 4.39. The van der Waals surface area contributed by atoms with E-state index in [0.717, 1.165) is 34.1 Å². The summed E-state index contributed by atoms with van der Waals surface area (Å²) in [5, 5.41) is 14.2. The molecule has 0 radical (unpaired) electrons. The Labute approximate surface area is 195 Å². The van der Waals surface area contributed by atoms with Gasteiger partial charge in [-0.1, -0.05) is 51.0 Å². The highest BCUT2D eigenvalue weighted by molar-refractivity contribution is 9.10. The maximum atomic E-state index is 13.7. The van der Waals surface area contributed by atoms with Crippen molar-refractivity contribution in [1.82, 2.24) is 4.57 Å². The minimum absolute atomic E-state index is 0.0254. The molecule has 166 valence electrons. The lowest BCUT2D eigenvalue weighted by Gasteiger charge is -2.34. The minimum Gasteiger partial charge on any atom is -0.507 e. The van der Waals surface area contributed by atoms with E-state index in [1.165, 1.54) is 0 Å². The minimum atomic E-state index is -3.51.